The van der Waals surface area contributed by atoms with Crippen LogP contribution in [0.4, 0.5) is 0 Å². The highest BCUT2D eigenvalue weighted by Gasteiger charge is 2.36. The normalized spacial score (nSPS) is 21.8. The molecule has 118 valence electrons. The molecule has 0 aromatic carbocycles. The van der Waals surface area contributed by atoms with Gasteiger partial charge < -0.3 is 4.74 Å². The molecule has 7 nitrogen and oxygen atoms in total. The summed E-state index contributed by atoms with van der Waals surface area (Å²) in [6, 6.07) is 0. The molecular weight excluding hydrogens is 306 g/mol. The second kappa shape index (κ2) is 7.37. The third-order valence-corrected chi connectivity index (χ3v) is 7.08. The van der Waals surface area contributed by atoms with Crippen LogP contribution in [0.3, 0.4) is 0 Å². The molecule has 0 bridgehead atoms. The van der Waals surface area contributed by atoms with Crippen molar-refractivity contribution in [1.29, 1.82) is 0 Å². The van der Waals surface area contributed by atoms with Crippen LogP contribution in [0, 0.1) is 0 Å². The minimum atomic E-state index is -3.56. The lowest BCUT2D eigenvalue weighted by Gasteiger charge is -2.11. The Morgan fingerprint density at radius 1 is 1.30 bits per heavy atom. The summed E-state index contributed by atoms with van der Waals surface area (Å²) in [5, 5.41) is -0.831. The van der Waals surface area contributed by atoms with Gasteiger partial charge in [-0.05, 0) is 19.3 Å². The quantitative estimate of drug-likeness (QED) is 0.490. The number of nitrogens with one attached hydrogen (secondary N) is 1. The second-order valence-electron chi connectivity index (χ2n) is 4.85. The van der Waals surface area contributed by atoms with Crippen LogP contribution in [0.2, 0.25) is 0 Å². The first-order chi connectivity index (χ1) is 9.27. The number of hydrogen-bond donors (Lipinski definition) is 1. The molecule has 1 rings (SSSR count). The van der Waals surface area contributed by atoms with Crippen molar-refractivity contribution in [2.75, 3.05) is 25.2 Å². The van der Waals surface area contributed by atoms with Crippen LogP contribution in [0.1, 0.15) is 32.1 Å². The van der Waals surface area contributed by atoms with Crippen LogP contribution in [-0.2, 0) is 29.4 Å². The molecule has 0 aliphatic carbocycles. The fourth-order valence-corrected chi connectivity index (χ4v) is 6.14. The van der Waals surface area contributed by atoms with Crippen LogP contribution in [-0.4, -0.2) is 53.2 Å². The summed E-state index contributed by atoms with van der Waals surface area (Å²) >= 11 is 0. The Labute approximate surface area is 120 Å². The van der Waals surface area contributed by atoms with Crippen LogP contribution in [0.25, 0.3) is 0 Å². The number of sulfone groups is 1. The number of ether oxygens (including phenoxy) is 1. The average molecular weight is 327 g/mol. The van der Waals surface area contributed by atoms with E-state index in [-0.39, 0.29) is 30.4 Å². The second-order valence-corrected chi connectivity index (χ2v) is 9.13. The molecule has 1 aliphatic heterocycles. The molecular formula is C11H21NO6S2. The lowest BCUT2D eigenvalue weighted by atomic mass is 10.2. The van der Waals surface area contributed by atoms with Gasteiger partial charge in [-0.1, -0.05) is 6.42 Å². The van der Waals surface area contributed by atoms with E-state index in [1.807, 2.05) is 0 Å². The topological polar surface area (TPSA) is 107 Å². The lowest BCUT2D eigenvalue weighted by Crippen LogP contribution is -2.35. The van der Waals surface area contributed by atoms with Crippen molar-refractivity contribution in [3.63, 3.8) is 0 Å². The first-order valence-electron chi connectivity index (χ1n) is 6.52. The van der Waals surface area contributed by atoms with Crippen molar-refractivity contribution >= 4 is 25.8 Å². The number of esters is 1. The third kappa shape index (κ3) is 5.76. The molecule has 0 radical (unpaired) electrons. The van der Waals surface area contributed by atoms with Gasteiger partial charge in [0.25, 0.3) is 0 Å². The average Bonchev–Trinajstić information content (AvgIpc) is 2.74. The van der Waals surface area contributed by atoms with Crippen molar-refractivity contribution in [2.24, 2.45) is 0 Å². The Morgan fingerprint density at radius 2 is 2.00 bits per heavy atom. The van der Waals surface area contributed by atoms with Gasteiger partial charge in [-0.2, -0.15) is 0 Å². The summed E-state index contributed by atoms with van der Waals surface area (Å²) in [6.45, 7) is 0.264. The Hall–Kier alpha value is -0.670. The van der Waals surface area contributed by atoms with Crippen molar-refractivity contribution < 1.29 is 26.4 Å². The Morgan fingerprint density at radius 3 is 2.55 bits per heavy atom. The van der Waals surface area contributed by atoms with E-state index in [4.69, 9.17) is 0 Å². The van der Waals surface area contributed by atoms with Crippen LogP contribution < -0.4 is 4.72 Å². The fraction of sp³-hybridized carbons (Fsp3) is 0.909. The Bertz CT molecular complexity index is 525. The van der Waals surface area contributed by atoms with Gasteiger partial charge in [0.1, 0.15) is 0 Å². The number of methoxy groups -OCH3 is 1. The first-order valence-corrected chi connectivity index (χ1v) is 9.89. The van der Waals surface area contributed by atoms with Crippen molar-refractivity contribution in [2.45, 2.75) is 37.4 Å². The molecule has 1 aliphatic rings. The Balaban J connectivity index is 2.23. The van der Waals surface area contributed by atoms with Crippen LogP contribution >= 0.6 is 0 Å². The summed E-state index contributed by atoms with van der Waals surface area (Å²) < 4.78 is 53.2. The molecule has 1 fully saturated rings. The smallest absolute Gasteiger partial charge is 0.305 e. The van der Waals surface area contributed by atoms with Crippen LogP contribution in [0.15, 0.2) is 0 Å². The predicted molar refractivity (Wildman–Crippen MR) is 74.5 cm³/mol. The number of hydrogen-bond acceptors (Lipinski definition) is 6. The van der Waals surface area contributed by atoms with Crippen molar-refractivity contribution in [3.8, 4) is 0 Å². The standard InChI is InChI=1S/C11H21NO6S2/c1-18-11(13)5-3-2-4-7-12-20(16,17)10-6-8-19(14,15)9-10/h10,12H,2-9H2,1H3. The lowest BCUT2D eigenvalue weighted by molar-refractivity contribution is -0.140. The number of unbranched alkanes of at least 4 members (excludes halogenated alkanes) is 2. The number of carbonyl (C=O) groups is 1. The van der Waals surface area contributed by atoms with E-state index >= 15 is 0 Å². The molecule has 9 heteroatoms. The summed E-state index contributed by atoms with van der Waals surface area (Å²) in [5.41, 5.74) is 0. The van der Waals surface area contributed by atoms with Gasteiger partial charge >= 0.3 is 5.97 Å². The van der Waals surface area contributed by atoms with E-state index in [2.05, 4.69) is 9.46 Å². The summed E-state index contributed by atoms with van der Waals surface area (Å²) in [5.74, 6) is -0.621. The zero-order chi connectivity index (χ0) is 15.2. The summed E-state index contributed by atoms with van der Waals surface area (Å²) in [7, 11) is -5.44. The van der Waals surface area contributed by atoms with Gasteiger partial charge in [-0.3, -0.25) is 4.79 Å². The zero-order valence-electron chi connectivity index (χ0n) is 11.5. The van der Waals surface area contributed by atoms with E-state index in [1.54, 1.807) is 0 Å². The number of sulfonamides is 1. The van der Waals surface area contributed by atoms with Gasteiger partial charge in [0.05, 0.1) is 23.9 Å². The first kappa shape index (κ1) is 17.4. The summed E-state index contributed by atoms with van der Waals surface area (Å²) in [6.07, 6.45) is 2.45. The maximum absolute atomic E-state index is 11.9. The Kier molecular flexibility index (Phi) is 6.41. The molecule has 1 unspecified atom stereocenters. The van der Waals surface area contributed by atoms with E-state index in [9.17, 15) is 21.6 Å². The van der Waals surface area contributed by atoms with E-state index < -0.39 is 25.1 Å². The zero-order valence-corrected chi connectivity index (χ0v) is 13.1. The minimum Gasteiger partial charge on any atom is -0.469 e. The molecule has 0 spiro atoms. The van der Waals surface area contributed by atoms with Crippen molar-refractivity contribution in [3.05, 3.63) is 0 Å². The molecule has 1 atom stereocenters. The van der Waals surface area contributed by atoms with Gasteiger partial charge in [0, 0.05) is 13.0 Å². The molecule has 1 heterocycles. The highest BCUT2D eigenvalue weighted by Crippen LogP contribution is 2.18. The van der Waals surface area contributed by atoms with E-state index in [0.29, 0.717) is 25.7 Å². The predicted octanol–water partition coefficient (Wildman–Crippen LogP) is -0.174. The maximum atomic E-state index is 11.9. The maximum Gasteiger partial charge on any atom is 0.305 e. The molecule has 0 aromatic rings. The third-order valence-electron chi connectivity index (χ3n) is 3.22. The van der Waals surface area contributed by atoms with Gasteiger partial charge in [0.15, 0.2) is 9.84 Å². The SMILES string of the molecule is COC(=O)CCCCCNS(=O)(=O)C1CCS(=O)(=O)C1. The molecule has 0 aromatic heterocycles. The number of carbonyl (C=O) groups excluding carboxylic acids is 1. The molecule has 0 amide bonds. The van der Waals surface area contributed by atoms with E-state index in [0.717, 1.165) is 0 Å². The largest absolute Gasteiger partial charge is 0.469 e. The van der Waals surface area contributed by atoms with Crippen LogP contribution in [0.5, 0.6) is 0 Å². The van der Waals surface area contributed by atoms with Crippen molar-refractivity contribution in [1.82, 2.24) is 4.72 Å². The molecule has 1 N–H and O–H groups in total. The van der Waals surface area contributed by atoms with E-state index in [1.165, 1.54) is 7.11 Å². The van der Waals surface area contributed by atoms with Gasteiger partial charge in [0.2, 0.25) is 10.0 Å². The van der Waals surface area contributed by atoms with Gasteiger partial charge in [-0.25, -0.2) is 21.6 Å². The highest BCUT2D eigenvalue weighted by molar-refractivity contribution is 7.95. The summed E-state index contributed by atoms with van der Waals surface area (Å²) in [4.78, 5) is 10.8. The molecule has 20 heavy (non-hydrogen) atoms. The van der Waals surface area contributed by atoms with Gasteiger partial charge in [-0.15, -0.1) is 0 Å². The monoisotopic (exact) mass is 327 g/mol. The highest BCUT2D eigenvalue weighted by atomic mass is 32.2. The molecule has 0 saturated carbocycles. The minimum absolute atomic E-state index is 0.0578. The number of rotatable bonds is 8. The fourth-order valence-electron chi connectivity index (χ4n) is 2.01. The molecule has 1 saturated heterocycles.